The number of methoxy groups -OCH3 is 1. The van der Waals surface area contributed by atoms with Crippen LogP contribution in [-0.2, 0) is 24.6 Å². The minimum absolute atomic E-state index is 0.0357. The van der Waals surface area contributed by atoms with Crippen LogP contribution < -0.4 is 14.8 Å². The molecule has 6 rings (SSSR count). The Morgan fingerprint density at radius 3 is 1.79 bits per heavy atom. The number of nitro groups is 1. The zero-order chi connectivity index (χ0) is 48.1. The number of nitrogens with one attached hydrogen (secondary N) is 1. The van der Waals surface area contributed by atoms with E-state index in [9.17, 15) is 24.8 Å². The monoisotopic (exact) mass is 910 g/mol. The lowest BCUT2D eigenvalue weighted by molar-refractivity contribution is -0.384. The number of hydrogen-bond donors (Lipinski definition) is 2. The molecule has 2 atom stereocenters. The highest BCUT2D eigenvalue weighted by Gasteiger charge is 2.49. The molecule has 0 amide bonds. The van der Waals surface area contributed by atoms with Gasteiger partial charge in [-0.25, -0.2) is 9.59 Å². The van der Waals surface area contributed by atoms with Crippen LogP contribution in [0.3, 0.4) is 0 Å². The number of nitro benzene ring substituents is 1. The van der Waals surface area contributed by atoms with E-state index in [4.69, 9.17) is 18.9 Å². The summed E-state index contributed by atoms with van der Waals surface area (Å²) < 4.78 is 23.1. The van der Waals surface area contributed by atoms with Gasteiger partial charge in [0.25, 0.3) is 5.69 Å². The van der Waals surface area contributed by atoms with Gasteiger partial charge in [-0.2, -0.15) is 0 Å². The van der Waals surface area contributed by atoms with Crippen LogP contribution in [0.2, 0.25) is 0 Å². The Balaban J connectivity index is 1.51. The van der Waals surface area contributed by atoms with Gasteiger partial charge in [0.1, 0.15) is 12.7 Å². The average molecular weight is 911 g/mol. The van der Waals surface area contributed by atoms with E-state index < -0.39 is 40.0 Å². The van der Waals surface area contributed by atoms with E-state index in [2.05, 4.69) is 65.4 Å². The number of β-amino-alcohol motifs (C(OH)–C–C–N with tert-alkyl or cyclic N) is 1. The highest BCUT2D eigenvalue weighted by molar-refractivity contribution is 6.00. The predicted octanol–water partition coefficient (Wildman–Crippen LogP) is 8.78. The average Bonchev–Trinajstić information content (AvgIpc) is 3.34. The minimum atomic E-state index is -1.04. The summed E-state index contributed by atoms with van der Waals surface area (Å²) in [7, 11) is 1.58. The summed E-state index contributed by atoms with van der Waals surface area (Å²) in [6.45, 7) is 12.8. The van der Waals surface area contributed by atoms with Gasteiger partial charge >= 0.3 is 11.9 Å². The minimum Gasteiger partial charge on any atom is -0.493 e. The van der Waals surface area contributed by atoms with E-state index in [1.165, 1.54) is 12.1 Å². The molecule has 13 nitrogen and oxygen atoms in total. The quantitative estimate of drug-likeness (QED) is 0.0296. The molecule has 0 saturated carbocycles. The maximum absolute atomic E-state index is 14.3. The van der Waals surface area contributed by atoms with Crippen molar-refractivity contribution in [1.82, 2.24) is 15.1 Å². The third-order valence-electron chi connectivity index (χ3n) is 12.1. The molecule has 0 saturated heterocycles. The number of nitrogens with zero attached hydrogens (tertiary/aromatic N) is 3. The number of carbonyl (C=O) groups excluding carboxylic acids is 2. The van der Waals surface area contributed by atoms with E-state index in [1.807, 2.05) is 85.8 Å². The number of aliphatic hydroxyl groups excluding tert-OH is 1. The van der Waals surface area contributed by atoms with E-state index in [1.54, 1.807) is 40.0 Å². The van der Waals surface area contributed by atoms with Gasteiger partial charge in [0.05, 0.1) is 47.8 Å². The van der Waals surface area contributed by atoms with Crippen LogP contribution >= 0.6 is 0 Å². The predicted molar refractivity (Wildman–Crippen MR) is 259 cm³/mol. The molecule has 352 valence electrons. The largest absolute Gasteiger partial charge is 0.493 e. The first-order chi connectivity index (χ1) is 32.3. The number of allylic oxidation sites excluding steroid dienone is 1. The first-order valence-corrected chi connectivity index (χ1v) is 22.7. The van der Waals surface area contributed by atoms with Crippen molar-refractivity contribution in [1.29, 1.82) is 0 Å². The summed E-state index contributed by atoms with van der Waals surface area (Å²) >= 11 is 0. The van der Waals surface area contributed by atoms with Crippen LogP contribution in [-0.4, -0.2) is 96.5 Å². The molecule has 0 bridgehead atoms. The van der Waals surface area contributed by atoms with Crippen molar-refractivity contribution < 1.29 is 38.6 Å². The van der Waals surface area contributed by atoms with Crippen LogP contribution in [0.5, 0.6) is 11.5 Å². The number of dihydropyridines is 1. The zero-order valence-corrected chi connectivity index (χ0v) is 39.4. The molecule has 0 radical (unpaired) electrons. The third kappa shape index (κ3) is 11.1. The fourth-order valence-corrected chi connectivity index (χ4v) is 9.27. The molecule has 5 aromatic carbocycles. The Morgan fingerprint density at radius 1 is 0.761 bits per heavy atom. The molecular formula is C54H62N4O9. The number of rotatable bonds is 22. The summed E-state index contributed by atoms with van der Waals surface area (Å²) in [6.07, 6.45) is -1.00. The molecule has 67 heavy (non-hydrogen) atoms. The van der Waals surface area contributed by atoms with Crippen molar-refractivity contribution >= 4 is 17.6 Å². The lowest BCUT2D eigenvalue weighted by Gasteiger charge is -2.54. The van der Waals surface area contributed by atoms with Crippen LogP contribution in [0.4, 0.5) is 5.69 Å². The zero-order valence-electron chi connectivity index (χ0n) is 39.4. The molecule has 0 aliphatic carbocycles. The van der Waals surface area contributed by atoms with Gasteiger partial charge in [0.2, 0.25) is 0 Å². The van der Waals surface area contributed by atoms with E-state index in [-0.39, 0.29) is 49.7 Å². The maximum atomic E-state index is 14.3. The molecule has 5 aromatic rings. The summed E-state index contributed by atoms with van der Waals surface area (Å²) in [6, 6.07) is 44.1. The number of ether oxygens (including phenoxy) is 4. The Bertz CT molecular complexity index is 2430. The van der Waals surface area contributed by atoms with Gasteiger partial charge in [0, 0.05) is 48.7 Å². The summed E-state index contributed by atoms with van der Waals surface area (Å²) in [5.41, 5.74) is 2.61. The molecule has 1 aliphatic rings. The Morgan fingerprint density at radius 2 is 1.28 bits per heavy atom. The molecule has 1 heterocycles. The van der Waals surface area contributed by atoms with Crippen LogP contribution in [0.1, 0.15) is 69.7 Å². The van der Waals surface area contributed by atoms with Gasteiger partial charge in [-0.3, -0.25) is 19.9 Å². The number of para-hydroxylation sites is 2. The molecule has 13 heteroatoms. The second kappa shape index (κ2) is 22.6. The molecule has 1 aliphatic heterocycles. The highest BCUT2D eigenvalue weighted by Crippen LogP contribution is 2.47. The van der Waals surface area contributed by atoms with Crippen molar-refractivity contribution in [2.45, 2.75) is 64.6 Å². The topological polar surface area (TPSA) is 153 Å². The van der Waals surface area contributed by atoms with E-state index in [0.717, 1.165) is 16.7 Å². The molecule has 0 aromatic heterocycles. The fraction of sp³-hybridized carbons (Fsp3) is 0.333. The standard InChI is InChI=1S/C54H62N4O9/c1-8-56(35-45-50(52(61)66-10-3)49(39-23-22-30-43(33-39)58(62)63)48(38(4)55-45)51(60)65-9-2)37-53(5,6)57(34-44(59)36-67-47-32-21-20-31-46(47)64-7)54(40-24-14-11-15-25-40,41-26-16-12-17-27-41)42-28-18-13-19-29-42/h11-33,44,49,55,59H,8-10,34-37H2,1-7H3. The number of esters is 2. The van der Waals surface area contributed by atoms with Crippen molar-refractivity contribution in [2.75, 3.05) is 53.1 Å². The van der Waals surface area contributed by atoms with Crippen LogP contribution in [0, 0.1) is 10.1 Å². The number of benzene rings is 5. The van der Waals surface area contributed by atoms with Crippen LogP contribution in [0.25, 0.3) is 0 Å². The SMILES string of the molecule is CCOC(=O)C1=C(C)NC(CN(CC)CC(C)(C)N(CC(O)COc2ccccc2OC)C(c2ccccc2)(c2ccccc2)c2ccccc2)=C(C(=O)OCC)C1c1cccc([N+](=O)[O-])c1. The molecule has 0 fully saturated rings. The number of aliphatic hydroxyl groups is 1. The van der Waals surface area contributed by atoms with Gasteiger partial charge in [-0.05, 0) is 75.5 Å². The summed E-state index contributed by atoms with van der Waals surface area (Å²) in [5, 5.41) is 27.7. The second-order valence-corrected chi connectivity index (χ2v) is 16.9. The van der Waals surface area contributed by atoms with Crippen molar-refractivity contribution in [3.8, 4) is 11.5 Å². The lowest BCUT2D eigenvalue weighted by atomic mass is 9.73. The molecular weight excluding hydrogens is 849 g/mol. The Hall–Kier alpha value is -6.80. The van der Waals surface area contributed by atoms with Crippen molar-refractivity contribution in [3.05, 3.63) is 194 Å². The first-order valence-electron chi connectivity index (χ1n) is 22.7. The molecule has 2 unspecified atom stereocenters. The van der Waals surface area contributed by atoms with Gasteiger partial charge in [-0.1, -0.05) is 122 Å². The van der Waals surface area contributed by atoms with Crippen LogP contribution in [0.15, 0.2) is 162 Å². The normalized spacial score (nSPS) is 14.7. The summed E-state index contributed by atoms with van der Waals surface area (Å²) in [5.74, 6) is -1.30. The maximum Gasteiger partial charge on any atom is 0.336 e. The number of likely N-dealkylation sites (N-methyl/N-ethyl adjacent to an activating group) is 1. The van der Waals surface area contributed by atoms with E-state index >= 15 is 0 Å². The summed E-state index contributed by atoms with van der Waals surface area (Å²) in [4.78, 5) is 44.2. The Kier molecular flexibility index (Phi) is 16.7. The van der Waals surface area contributed by atoms with Gasteiger partial charge in [0.15, 0.2) is 11.5 Å². The smallest absolute Gasteiger partial charge is 0.336 e. The highest BCUT2D eigenvalue weighted by atomic mass is 16.6. The molecule has 2 N–H and O–H groups in total. The number of non-ortho nitro benzene ring substituents is 1. The first kappa shape index (κ1) is 49.6. The second-order valence-electron chi connectivity index (χ2n) is 16.9. The van der Waals surface area contributed by atoms with Gasteiger partial charge < -0.3 is 29.4 Å². The lowest BCUT2D eigenvalue weighted by Crippen LogP contribution is -2.63. The van der Waals surface area contributed by atoms with Crippen molar-refractivity contribution in [2.24, 2.45) is 0 Å². The van der Waals surface area contributed by atoms with Crippen molar-refractivity contribution in [3.63, 3.8) is 0 Å². The third-order valence-corrected chi connectivity index (χ3v) is 12.1. The number of hydrogen-bond acceptors (Lipinski definition) is 12. The number of carbonyl (C=O) groups is 2. The molecule has 0 spiro atoms. The van der Waals surface area contributed by atoms with Gasteiger partial charge in [-0.15, -0.1) is 0 Å². The van der Waals surface area contributed by atoms with E-state index in [0.29, 0.717) is 41.5 Å². The fourth-order valence-electron chi connectivity index (χ4n) is 9.27. The Labute approximate surface area is 393 Å².